The average Bonchev–Trinajstić information content (AvgIpc) is 2.61. The molecular formula is C17H25N3O3S. The Bertz CT molecular complexity index is 712. The van der Waals surface area contributed by atoms with Gasteiger partial charge in [0.15, 0.2) is 0 Å². The van der Waals surface area contributed by atoms with E-state index in [1.165, 1.54) is 26.3 Å². The Morgan fingerprint density at radius 3 is 2.62 bits per heavy atom. The van der Waals surface area contributed by atoms with Gasteiger partial charge in [0.25, 0.3) is 0 Å². The quantitative estimate of drug-likeness (QED) is 0.874. The highest BCUT2D eigenvalue weighted by Gasteiger charge is 2.24. The average molecular weight is 351 g/mol. The lowest BCUT2D eigenvalue weighted by Gasteiger charge is -2.32. The molecule has 1 aliphatic carbocycles. The van der Waals surface area contributed by atoms with Gasteiger partial charge >= 0.3 is 6.03 Å². The summed E-state index contributed by atoms with van der Waals surface area (Å²) in [5, 5.41) is 3.13. The van der Waals surface area contributed by atoms with Gasteiger partial charge in [-0.15, -0.1) is 0 Å². The predicted octanol–water partition coefficient (Wildman–Crippen LogP) is 2.00. The van der Waals surface area contributed by atoms with Crippen molar-refractivity contribution in [2.24, 2.45) is 0 Å². The van der Waals surface area contributed by atoms with Crippen molar-refractivity contribution in [3.63, 3.8) is 0 Å². The Morgan fingerprint density at radius 2 is 1.92 bits per heavy atom. The second kappa shape index (κ2) is 7.11. The molecular weight excluding hydrogens is 326 g/mol. The molecule has 1 aromatic rings. The number of carbonyl (C=O) groups is 1. The van der Waals surface area contributed by atoms with Gasteiger partial charge in [0.2, 0.25) is 10.0 Å². The number of rotatable bonds is 3. The summed E-state index contributed by atoms with van der Waals surface area (Å²) in [5.74, 6) is 0. The van der Waals surface area contributed by atoms with Crippen molar-refractivity contribution in [1.82, 2.24) is 14.9 Å². The number of sulfonamides is 1. The minimum Gasteiger partial charge on any atom is -0.335 e. The van der Waals surface area contributed by atoms with Crippen LogP contribution >= 0.6 is 0 Å². The fraction of sp³-hybridized carbons (Fsp3) is 0.588. The molecule has 0 bridgehead atoms. The van der Waals surface area contributed by atoms with Crippen LogP contribution < -0.4 is 10.0 Å². The molecule has 0 saturated heterocycles. The maximum atomic E-state index is 12.5. The first kappa shape index (κ1) is 17.2. The fourth-order valence-corrected chi connectivity index (χ4v) is 4.28. The topological polar surface area (TPSA) is 78.5 Å². The molecule has 3 rings (SSSR count). The number of benzene rings is 1. The van der Waals surface area contributed by atoms with Gasteiger partial charge in [-0.05, 0) is 49.6 Å². The lowest BCUT2D eigenvalue weighted by molar-refractivity contribution is 0.184. The van der Waals surface area contributed by atoms with Crippen LogP contribution in [0.3, 0.4) is 0 Å². The van der Waals surface area contributed by atoms with Gasteiger partial charge in [-0.25, -0.2) is 17.9 Å². The molecule has 2 aliphatic rings. The molecule has 132 valence electrons. The SMILES string of the molecule is CNS(=O)(=O)c1ccc2c(c1)CN(C(=O)NC1CCCCC1)CC2. The van der Waals surface area contributed by atoms with Gasteiger partial charge in [0.05, 0.1) is 4.90 Å². The molecule has 1 fully saturated rings. The van der Waals surface area contributed by atoms with E-state index in [4.69, 9.17) is 0 Å². The molecule has 24 heavy (non-hydrogen) atoms. The van der Waals surface area contributed by atoms with Crippen LogP contribution in [0.4, 0.5) is 4.79 Å². The van der Waals surface area contributed by atoms with E-state index in [2.05, 4.69) is 10.0 Å². The highest BCUT2D eigenvalue weighted by atomic mass is 32.2. The highest BCUT2D eigenvalue weighted by Crippen LogP contribution is 2.23. The van der Waals surface area contributed by atoms with E-state index in [9.17, 15) is 13.2 Å². The van der Waals surface area contributed by atoms with E-state index in [-0.39, 0.29) is 17.0 Å². The van der Waals surface area contributed by atoms with Crippen LogP contribution in [-0.4, -0.2) is 39.0 Å². The summed E-state index contributed by atoms with van der Waals surface area (Å²) in [7, 11) is -2.06. The molecule has 0 aromatic heterocycles. The van der Waals surface area contributed by atoms with Crippen molar-refractivity contribution >= 4 is 16.1 Å². The first-order valence-electron chi connectivity index (χ1n) is 8.60. The molecule has 7 heteroatoms. The van der Waals surface area contributed by atoms with Crippen LogP contribution in [0, 0.1) is 0 Å². The lowest BCUT2D eigenvalue weighted by Crippen LogP contribution is -2.47. The van der Waals surface area contributed by atoms with E-state index in [1.807, 2.05) is 6.07 Å². The Balaban J connectivity index is 1.70. The predicted molar refractivity (Wildman–Crippen MR) is 92.2 cm³/mol. The van der Waals surface area contributed by atoms with E-state index < -0.39 is 10.0 Å². The minimum atomic E-state index is -3.46. The fourth-order valence-electron chi connectivity index (χ4n) is 3.50. The number of hydrogen-bond acceptors (Lipinski definition) is 3. The summed E-state index contributed by atoms with van der Waals surface area (Å²) in [6.07, 6.45) is 6.49. The molecule has 1 heterocycles. The Labute approximate surface area is 143 Å². The van der Waals surface area contributed by atoms with E-state index in [1.54, 1.807) is 17.0 Å². The zero-order chi connectivity index (χ0) is 17.2. The number of fused-ring (bicyclic) bond motifs is 1. The van der Waals surface area contributed by atoms with Gasteiger partial charge in [-0.3, -0.25) is 0 Å². The van der Waals surface area contributed by atoms with Crippen molar-refractivity contribution < 1.29 is 13.2 Å². The van der Waals surface area contributed by atoms with Crippen molar-refractivity contribution in [3.8, 4) is 0 Å². The first-order chi connectivity index (χ1) is 11.5. The minimum absolute atomic E-state index is 0.0329. The summed E-state index contributed by atoms with van der Waals surface area (Å²) >= 11 is 0. The summed E-state index contributed by atoms with van der Waals surface area (Å²) in [5.41, 5.74) is 2.03. The van der Waals surface area contributed by atoms with Crippen LogP contribution in [0.2, 0.25) is 0 Å². The third kappa shape index (κ3) is 3.72. The standard InChI is InChI=1S/C17H25N3O3S/c1-18-24(22,23)16-8-7-13-9-10-20(12-14(13)11-16)17(21)19-15-5-3-2-4-6-15/h7-8,11,15,18H,2-6,9-10,12H2,1H3,(H,19,21). The third-order valence-corrected chi connectivity index (χ3v) is 6.40. The molecule has 1 aliphatic heterocycles. The van der Waals surface area contributed by atoms with Crippen LogP contribution in [0.25, 0.3) is 0 Å². The van der Waals surface area contributed by atoms with Gasteiger partial charge < -0.3 is 10.2 Å². The van der Waals surface area contributed by atoms with Gasteiger partial charge in [0.1, 0.15) is 0 Å². The molecule has 2 N–H and O–H groups in total. The summed E-state index contributed by atoms with van der Waals surface area (Å²) in [4.78, 5) is 14.5. The Kier molecular flexibility index (Phi) is 5.10. The van der Waals surface area contributed by atoms with Gasteiger partial charge in [0, 0.05) is 19.1 Å². The van der Waals surface area contributed by atoms with Gasteiger partial charge in [-0.2, -0.15) is 0 Å². The first-order valence-corrected chi connectivity index (χ1v) is 10.1. The summed E-state index contributed by atoms with van der Waals surface area (Å²) in [6, 6.07) is 5.41. The number of carbonyl (C=O) groups excluding carboxylic acids is 1. The highest BCUT2D eigenvalue weighted by molar-refractivity contribution is 7.89. The van der Waals surface area contributed by atoms with E-state index in [0.29, 0.717) is 13.1 Å². The zero-order valence-electron chi connectivity index (χ0n) is 14.0. The maximum Gasteiger partial charge on any atom is 0.317 e. The second-order valence-electron chi connectivity index (χ2n) is 6.59. The van der Waals surface area contributed by atoms with Gasteiger partial charge in [-0.1, -0.05) is 25.3 Å². The molecule has 6 nitrogen and oxygen atoms in total. The largest absolute Gasteiger partial charge is 0.335 e. The van der Waals surface area contributed by atoms with Crippen molar-refractivity contribution in [2.45, 2.75) is 56.0 Å². The van der Waals surface area contributed by atoms with Crippen LogP contribution in [0.5, 0.6) is 0 Å². The van der Waals surface area contributed by atoms with E-state index in [0.717, 1.165) is 30.4 Å². The maximum absolute atomic E-state index is 12.5. The molecule has 0 spiro atoms. The number of nitrogens with zero attached hydrogens (tertiary/aromatic N) is 1. The zero-order valence-corrected chi connectivity index (χ0v) is 14.9. The number of nitrogens with one attached hydrogen (secondary N) is 2. The molecule has 1 aromatic carbocycles. The Hall–Kier alpha value is -1.60. The van der Waals surface area contributed by atoms with Crippen LogP contribution in [0.1, 0.15) is 43.2 Å². The second-order valence-corrected chi connectivity index (χ2v) is 8.48. The third-order valence-electron chi connectivity index (χ3n) is 4.99. The molecule has 0 radical (unpaired) electrons. The molecule has 0 atom stereocenters. The number of urea groups is 1. The molecule has 2 amide bonds. The van der Waals surface area contributed by atoms with Crippen LogP contribution in [0.15, 0.2) is 23.1 Å². The Morgan fingerprint density at radius 1 is 1.17 bits per heavy atom. The van der Waals surface area contributed by atoms with E-state index >= 15 is 0 Å². The molecule has 0 unspecified atom stereocenters. The normalized spacial score (nSPS) is 19.0. The van der Waals surface area contributed by atoms with Crippen molar-refractivity contribution in [1.29, 1.82) is 0 Å². The number of hydrogen-bond donors (Lipinski definition) is 2. The van der Waals surface area contributed by atoms with Crippen molar-refractivity contribution in [3.05, 3.63) is 29.3 Å². The number of amides is 2. The monoisotopic (exact) mass is 351 g/mol. The molecule has 1 saturated carbocycles. The lowest BCUT2D eigenvalue weighted by atomic mass is 9.95. The summed E-state index contributed by atoms with van der Waals surface area (Å²) < 4.78 is 26.3. The smallest absolute Gasteiger partial charge is 0.317 e. The van der Waals surface area contributed by atoms with Crippen molar-refractivity contribution in [2.75, 3.05) is 13.6 Å². The van der Waals surface area contributed by atoms with Crippen LogP contribution in [-0.2, 0) is 23.0 Å². The summed E-state index contributed by atoms with van der Waals surface area (Å²) in [6.45, 7) is 1.13.